The summed E-state index contributed by atoms with van der Waals surface area (Å²) in [6.45, 7) is 3.24. The first-order valence-corrected chi connectivity index (χ1v) is 6.48. The maximum Gasteiger partial charge on any atom is 0.128 e. The lowest BCUT2D eigenvalue weighted by Crippen LogP contribution is -2.24. The fourth-order valence-electron chi connectivity index (χ4n) is 2.20. The zero-order valence-corrected chi connectivity index (χ0v) is 11.1. The first-order chi connectivity index (χ1) is 8.81. The molecule has 2 heteroatoms. The van der Waals surface area contributed by atoms with Crippen LogP contribution in [0.5, 0.6) is 0 Å². The molecule has 18 heavy (non-hydrogen) atoms. The molecule has 2 rings (SSSR count). The molecule has 1 heterocycles. The lowest BCUT2D eigenvalue weighted by Gasteiger charge is -2.24. The van der Waals surface area contributed by atoms with Crippen molar-refractivity contribution < 1.29 is 0 Å². The van der Waals surface area contributed by atoms with Crippen LogP contribution in [0.2, 0.25) is 0 Å². The number of anilines is 1. The smallest absolute Gasteiger partial charge is 0.128 e. The number of nitrogens with zero attached hydrogens (tertiary/aromatic N) is 2. The molecule has 2 aromatic rings. The molecule has 0 saturated heterocycles. The number of pyridine rings is 1. The van der Waals surface area contributed by atoms with E-state index in [-0.39, 0.29) is 0 Å². The SMILES string of the molecule is CCC(CN(C)c1ccccn1)c1ccccc1. The molecule has 0 fully saturated rings. The number of rotatable bonds is 5. The van der Waals surface area contributed by atoms with Gasteiger partial charge in [-0.2, -0.15) is 0 Å². The van der Waals surface area contributed by atoms with Gasteiger partial charge in [-0.25, -0.2) is 4.98 Å². The molecular formula is C16H20N2. The fraction of sp³-hybridized carbons (Fsp3) is 0.312. The molecule has 0 aliphatic carbocycles. The zero-order chi connectivity index (χ0) is 12.8. The van der Waals surface area contributed by atoms with Gasteiger partial charge in [0.05, 0.1) is 0 Å². The number of benzene rings is 1. The van der Waals surface area contributed by atoms with Crippen molar-refractivity contribution >= 4 is 5.82 Å². The molecule has 0 N–H and O–H groups in total. The highest BCUT2D eigenvalue weighted by atomic mass is 15.2. The van der Waals surface area contributed by atoms with E-state index in [0.717, 1.165) is 18.8 Å². The molecular weight excluding hydrogens is 220 g/mol. The Bertz CT molecular complexity index is 453. The average Bonchev–Trinajstić information content (AvgIpc) is 2.46. The fourth-order valence-corrected chi connectivity index (χ4v) is 2.20. The Morgan fingerprint density at radius 3 is 2.39 bits per heavy atom. The second kappa shape index (κ2) is 6.20. The lowest BCUT2D eigenvalue weighted by molar-refractivity contribution is 0.648. The minimum atomic E-state index is 0.554. The Labute approximate surface area is 109 Å². The van der Waals surface area contributed by atoms with Gasteiger partial charge in [-0.15, -0.1) is 0 Å². The van der Waals surface area contributed by atoms with E-state index in [2.05, 4.69) is 60.3 Å². The molecule has 0 saturated carbocycles. The molecule has 0 amide bonds. The van der Waals surface area contributed by atoms with Gasteiger partial charge in [0.2, 0.25) is 0 Å². The minimum absolute atomic E-state index is 0.554. The molecule has 2 nitrogen and oxygen atoms in total. The lowest BCUT2D eigenvalue weighted by atomic mass is 9.96. The molecule has 0 aliphatic rings. The van der Waals surface area contributed by atoms with Crippen molar-refractivity contribution in [1.82, 2.24) is 4.98 Å². The Balaban J connectivity index is 2.07. The van der Waals surface area contributed by atoms with Gasteiger partial charge in [-0.3, -0.25) is 0 Å². The minimum Gasteiger partial charge on any atom is -0.359 e. The molecule has 0 bridgehead atoms. The average molecular weight is 240 g/mol. The van der Waals surface area contributed by atoms with Crippen molar-refractivity contribution in [2.45, 2.75) is 19.3 Å². The summed E-state index contributed by atoms with van der Waals surface area (Å²) >= 11 is 0. The molecule has 1 atom stereocenters. The highest BCUT2D eigenvalue weighted by molar-refractivity contribution is 5.37. The van der Waals surface area contributed by atoms with Crippen molar-refractivity contribution in [3.8, 4) is 0 Å². The summed E-state index contributed by atoms with van der Waals surface area (Å²) in [5.74, 6) is 1.59. The molecule has 1 aromatic heterocycles. The summed E-state index contributed by atoms with van der Waals surface area (Å²) in [4.78, 5) is 6.61. The quantitative estimate of drug-likeness (QED) is 0.792. The highest BCUT2D eigenvalue weighted by Crippen LogP contribution is 2.21. The number of hydrogen-bond acceptors (Lipinski definition) is 2. The maximum atomic E-state index is 4.39. The van der Waals surface area contributed by atoms with Gasteiger partial charge in [0.1, 0.15) is 5.82 Å². The third-order valence-electron chi connectivity index (χ3n) is 3.30. The Morgan fingerprint density at radius 1 is 1.06 bits per heavy atom. The third-order valence-corrected chi connectivity index (χ3v) is 3.30. The van der Waals surface area contributed by atoms with E-state index in [4.69, 9.17) is 0 Å². The Hall–Kier alpha value is -1.83. The zero-order valence-electron chi connectivity index (χ0n) is 11.1. The Kier molecular flexibility index (Phi) is 4.35. The summed E-state index contributed by atoms with van der Waals surface area (Å²) in [6.07, 6.45) is 2.98. The summed E-state index contributed by atoms with van der Waals surface area (Å²) in [7, 11) is 2.11. The van der Waals surface area contributed by atoms with E-state index in [1.165, 1.54) is 5.56 Å². The summed E-state index contributed by atoms with van der Waals surface area (Å²) in [6, 6.07) is 16.7. The van der Waals surface area contributed by atoms with Crippen LogP contribution in [0.4, 0.5) is 5.82 Å². The summed E-state index contributed by atoms with van der Waals surface area (Å²) in [5.41, 5.74) is 1.41. The van der Waals surface area contributed by atoms with E-state index in [9.17, 15) is 0 Å². The molecule has 94 valence electrons. The van der Waals surface area contributed by atoms with E-state index in [1.807, 2.05) is 18.3 Å². The van der Waals surface area contributed by atoms with E-state index in [1.54, 1.807) is 0 Å². The largest absolute Gasteiger partial charge is 0.359 e. The van der Waals surface area contributed by atoms with Gasteiger partial charge in [0.15, 0.2) is 0 Å². The van der Waals surface area contributed by atoms with Crippen LogP contribution in [0.3, 0.4) is 0 Å². The Morgan fingerprint density at radius 2 is 1.78 bits per heavy atom. The van der Waals surface area contributed by atoms with Gasteiger partial charge >= 0.3 is 0 Å². The predicted octanol–water partition coefficient (Wildman–Crippen LogP) is 3.71. The highest BCUT2D eigenvalue weighted by Gasteiger charge is 2.12. The van der Waals surface area contributed by atoms with Crippen LogP contribution in [-0.2, 0) is 0 Å². The first kappa shape index (κ1) is 12.6. The van der Waals surface area contributed by atoms with Crippen LogP contribution in [-0.4, -0.2) is 18.6 Å². The van der Waals surface area contributed by atoms with E-state index < -0.39 is 0 Å². The number of likely N-dealkylation sites (N-methyl/N-ethyl adjacent to an activating group) is 1. The van der Waals surface area contributed by atoms with Gasteiger partial charge in [-0.1, -0.05) is 43.3 Å². The summed E-state index contributed by atoms with van der Waals surface area (Å²) < 4.78 is 0. The van der Waals surface area contributed by atoms with Crippen LogP contribution < -0.4 is 4.90 Å². The van der Waals surface area contributed by atoms with Gasteiger partial charge < -0.3 is 4.90 Å². The van der Waals surface area contributed by atoms with Gasteiger partial charge in [-0.05, 0) is 24.1 Å². The number of hydrogen-bond donors (Lipinski definition) is 0. The second-order valence-corrected chi connectivity index (χ2v) is 4.58. The normalized spacial score (nSPS) is 12.1. The second-order valence-electron chi connectivity index (χ2n) is 4.58. The van der Waals surface area contributed by atoms with Gasteiger partial charge in [0.25, 0.3) is 0 Å². The van der Waals surface area contributed by atoms with Crippen molar-refractivity contribution in [1.29, 1.82) is 0 Å². The number of aromatic nitrogens is 1. The summed E-state index contributed by atoms with van der Waals surface area (Å²) in [5, 5.41) is 0. The van der Waals surface area contributed by atoms with Crippen LogP contribution in [0.1, 0.15) is 24.8 Å². The first-order valence-electron chi connectivity index (χ1n) is 6.48. The maximum absolute atomic E-state index is 4.39. The molecule has 1 aromatic carbocycles. The van der Waals surface area contributed by atoms with Crippen molar-refractivity contribution in [2.24, 2.45) is 0 Å². The van der Waals surface area contributed by atoms with Crippen molar-refractivity contribution in [3.05, 3.63) is 60.3 Å². The van der Waals surface area contributed by atoms with Gasteiger partial charge in [0, 0.05) is 25.7 Å². The van der Waals surface area contributed by atoms with Crippen LogP contribution in [0.25, 0.3) is 0 Å². The van der Waals surface area contributed by atoms with Crippen LogP contribution in [0.15, 0.2) is 54.7 Å². The molecule has 0 spiro atoms. The van der Waals surface area contributed by atoms with Crippen molar-refractivity contribution in [2.75, 3.05) is 18.5 Å². The topological polar surface area (TPSA) is 16.1 Å². The van der Waals surface area contributed by atoms with Crippen molar-refractivity contribution in [3.63, 3.8) is 0 Å². The molecule has 0 radical (unpaired) electrons. The van der Waals surface area contributed by atoms with E-state index >= 15 is 0 Å². The van der Waals surface area contributed by atoms with E-state index in [0.29, 0.717) is 5.92 Å². The molecule has 1 unspecified atom stereocenters. The standard InChI is InChI=1S/C16H20N2/c1-3-14(15-9-5-4-6-10-15)13-18(2)16-11-7-8-12-17-16/h4-12,14H,3,13H2,1-2H3. The van der Waals surface area contributed by atoms with Crippen LogP contribution >= 0.6 is 0 Å². The van der Waals surface area contributed by atoms with Crippen LogP contribution in [0, 0.1) is 0 Å². The predicted molar refractivity (Wildman–Crippen MR) is 77.0 cm³/mol. The molecule has 0 aliphatic heterocycles. The monoisotopic (exact) mass is 240 g/mol. The third kappa shape index (κ3) is 3.10.